The molecule has 1 heterocycles. The molecule has 0 aliphatic carbocycles. The molecule has 0 fully saturated rings. The highest BCUT2D eigenvalue weighted by atomic mass is 35.5. The Morgan fingerprint density at radius 3 is 2.46 bits per heavy atom. The van der Waals surface area contributed by atoms with Crippen LogP contribution in [0.15, 0.2) is 48.5 Å². The summed E-state index contributed by atoms with van der Waals surface area (Å²) in [5, 5.41) is 2.82. The quantitative estimate of drug-likeness (QED) is 0.804. The van der Waals surface area contributed by atoms with Gasteiger partial charge in [0.25, 0.3) is 0 Å². The number of nitrogens with two attached hydrogens (primary N) is 1. The van der Waals surface area contributed by atoms with E-state index in [9.17, 15) is 9.59 Å². The molecular weight excluding hydrogens is 374 g/mol. The van der Waals surface area contributed by atoms with E-state index in [2.05, 4.69) is 11.4 Å². The van der Waals surface area contributed by atoms with E-state index in [4.69, 9.17) is 5.73 Å². The third kappa shape index (κ3) is 5.12. The van der Waals surface area contributed by atoms with Gasteiger partial charge in [-0.2, -0.15) is 0 Å². The van der Waals surface area contributed by atoms with Crippen molar-refractivity contribution in [1.82, 2.24) is 0 Å². The molecule has 0 saturated carbocycles. The number of rotatable bonds is 5. The molecule has 3 N–H and O–H groups in total. The first-order chi connectivity index (χ1) is 13.0. The summed E-state index contributed by atoms with van der Waals surface area (Å²) in [7, 11) is 0. The second kappa shape index (κ2) is 9.71. The summed E-state index contributed by atoms with van der Waals surface area (Å²) in [4.78, 5) is 26.7. The van der Waals surface area contributed by atoms with E-state index in [-0.39, 0.29) is 30.1 Å². The standard InChI is InChI=1S/C22H27N3O2.ClH/c1-15(2)21(23)22(27)24-18-11-9-16(10-12-18)14-20(26)25-13-5-7-17-6-3-4-8-19(17)25;/h3-4,6,8-12,15,21H,5,7,13-14,23H2,1-2H3,(H,24,27);1H/t21-;/m0./s1. The number of hydrogen-bond acceptors (Lipinski definition) is 3. The van der Waals surface area contributed by atoms with Crippen LogP contribution in [0.5, 0.6) is 0 Å². The van der Waals surface area contributed by atoms with Crippen molar-refractivity contribution in [3.63, 3.8) is 0 Å². The Morgan fingerprint density at radius 1 is 1.11 bits per heavy atom. The number of benzene rings is 2. The van der Waals surface area contributed by atoms with Gasteiger partial charge in [0.05, 0.1) is 12.5 Å². The van der Waals surface area contributed by atoms with Crippen molar-refractivity contribution in [1.29, 1.82) is 0 Å². The molecule has 0 radical (unpaired) electrons. The van der Waals surface area contributed by atoms with Crippen LogP contribution in [-0.2, 0) is 22.4 Å². The summed E-state index contributed by atoms with van der Waals surface area (Å²) in [6.45, 7) is 4.59. The molecule has 2 aromatic rings. The van der Waals surface area contributed by atoms with Gasteiger partial charge in [0.1, 0.15) is 0 Å². The van der Waals surface area contributed by atoms with E-state index in [0.717, 1.165) is 30.6 Å². The smallest absolute Gasteiger partial charge is 0.241 e. The maximum absolute atomic E-state index is 12.8. The van der Waals surface area contributed by atoms with Crippen molar-refractivity contribution in [3.05, 3.63) is 59.7 Å². The fourth-order valence-corrected chi connectivity index (χ4v) is 3.30. The largest absolute Gasteiger partial charge is 0.325 e. The summed E-state index contributed by atoms with van der Waals surface area (Å²) in [5.41, 5.74) is 9.74. The number of anilines is 2. The minimum atomic E-state index is -0.537. The number of halogens is 1. The topological polar surface area (TPSA) is 75.4 Å². The van der Waals surface area contributed by atoms with Gasteiger partial charge < -0.3 is 16.0 Å². The first-order valence-electron chi connectivity index (χ1n) is 9.49. The Morgan fingerprint density at radius 2 is 1.79 bits per heavy atom. The predicted molar refractivity (Wildman–Crippen MR) is 116 cm³/mol. The number of aryl methyl sites for hydroxylation is 1. The van der Waals surface area contributed by atoms with Gasteiger partial charge in [-0.25, -0.2) is 0 Å². The van der Waals surface area contributed by atoms with Crippen molar-refractivity contribution in [2.75, 3.05) is 16.8 Å². The van der Waals surface area contributed by atoms with Crippen LogP contribution < -0.4 is 16.0 Å². The van der Waals surface area contributed by atoms with Crippen LogP contribution in [0, 0.1) is 5.92 Å². The van der Waals surface area contributed by atoms with Crippen molar-refractivity contribution in [2.24, 2.45) is 11.7 Å². The van der Waals surface area contributed by atoms with Crippen molar-refractivity contribution >= 4 is 35.6 Å². The number of hydrogen-bond donors (Lipinski definition) is 2. The van der Waals surface area contributed by atoms with Gasteiger partial charge in [-0.1, -0.05) is 44.2 Å². The van der Waals surface area contributed by atoms with Crippen LogP contribution >= 0.6 is 12.4 Å². The third-order valence-electron chi connectivity index (χ3n) is 5.01. The second-order valence-corrected chi connectivity index (χ2v) is 7.41. The van der Waals surface area contributed by atoms with E-state index in [1.165, 1.54) is 5.56 Å². The van der Waals surface area contributed by atoms with Crippen LogP contribution in [0.25, 0.3) is 0 Å². The summed E-state index contributed by atoms with van der Waals surface area (Å²) in [6.07, 6.45) is 2.35. The average Bonchev–Trinajstić information content (AvgIpc) is 2.68. The zero-order chi connectivity index (χ0) is 19.4. The van der Waals surface area contributed by atoms with E-state index in [1.54, 1.807) is 0 Å². The molecular formula is C22H28ClN3O2. The zero-order valence-corrected chi connectivity index (χ0v) is 17.2. The molecule has 2 amide bonds. The molecule has 1 aliphatic rings. The minimum Gasteiger partial charge on any atom is -0.325 e. The number of fused-ring (bicyclic) bond motifs is 1. The summed E-state index contributed by atoms with van der Waals surface area (Å²) < 4.78 is 0. The van der Waals surface area contributed by atoms with Gasteiger partial charge >= 0.3 is 0 Å². The zero-order valence-electron chi connectivity index (χ0n) is 16.4. The second-order valence-electron chi connectivity index (χ2n) is 7.41. The SMILES string of the molecule is CC(C)[C@H](N)C(=O)Nc1ccc(CC(=O)N2CCCc3ccccc32)cc1.Cl. The van der Waals surface area contributed by atoms with E-state index >= 15 is 0 Å². The molecule has 0 unspecified atom stereocenters. The molecule has 28 heavy (non-hydrogen) atoms. The molecule has 1 atom stereocenters. The summed E-state index contributed by atoms with van der Waals surface area (Å²) in [6, 6.07) is 15.0. The number of carbonyl (C=O) groups is 2. The van der Waals surface area contributed by atoms with E-state index < -0.39 is 6.04 Å². The van der Waals surface area contributed by atoms with Gasteiger partial charge in [0, 0.05) is 17.9 Å². The fraction of sp³-hybridized carbons (Fsp3) is 0.364. The Kier molecular flexibility index (Phi) is 7.61. The van der Waals surface area contributed by atoms with Gasteiger partial charge in [0.15, 0.2) is 0 Å². The van der Waals surface area contributed by atoms with Crippen LogP contribution in [0.4, 0.5) is 11.4 Å². The number of nitrogens with zero attached hydrogens (tertiary/aromatic N) is 1. The maximum Gasteiger partial charge on any atom is 0.241 e. The first-order valence-corrected chi connectivity index (χ1v) is 9.49. The Bertz CT molecular complexity index is 821. The monoisotopic (exact) mass is 401 g/mol. The lowest BCUT2D eigenvalue weighted by molar-refractivity contribution is -0.119. The predicted octanol–water partition coefficient (Wildman–Crippen LogP) is 3.55. The number of para-hydroxylation sites is 1. The van der Waals surface area contributed by atoms with Crippen molar-refractivity contribution < 1.29 is 9.59 Å². The molecule has 2 aromatic carbocycles. The minimum absolute atomic E-state index is 0. The molecule has 0 spiro atoms. The van der Waals surface area contributed by atoms with Crippen LogP contribution in [0.1, 0.15) is 31.4 Å². The molecule has 1 aliphatic heterocycles. The molecule has 0 aromatic heterocycles. The molecule has 5 nitrogen and oxygen atoms in total. The molecule has 0 saturated heterocycles. The average molecular weight is 402 g/mol. The van der Waals surface area contributed by atoms with E-state index in [0.29, 0.717) is 12.1 Å². The maximum atomic E-state index is 12.8. The molecule has 3 rings (SSSR count). The van der Waals surface area contributed by atoms with Crippen molar-refractivity contribution in [2.45, 2.75) is 39.2 Å². The van der Waals surface area contributed by atoms with Crippen molar-refractivity contribution in [3.8, 4) is 0 Å². The van der Waals surface area contributed by atoms with Gasteiger partial charge in [-0.15, -0.1) is 12.4 Å². The Balaban J connectivity index is 0.00000280. The lowest BCUT2D eigenvalue weighted by Gasteiger charge is -2.29. The molecule has 0 bridgehead atoms. The highest BCUT2D eigenvalue weighted by Crippen LogP contribution is 2.27. The van der Waals surface area contributed by atoms with Gasteiger partial charge in [0.2, 0.25) is 11.8 Å². The lowest BCUT2D eigenvalue weighted by Crippen LogP contribution is -2.39. The van der Waals surface area contributed by atoms with Crippen LogP contribution in [0.3, 0.4) is 0 Å². The summed E-state index contributed by atoms with van der Waals surface area (Å²) >= 11 is 0. The number of amides is 2. The Labute approximate surface area is 172 Å². The Hall–Kier alpha value is -2.37. The highest BCUT2D eigenvalue weighted by molar-refractivity contribution is 5.96. The number of carbonyl (C=O) groups excluding carboxylic acids is 2. The number of nitrogens with one attached hydrogen (secondary N) is 1. The normalized spacial score (nSPS) is 14.1. The van der Waals surface area contributed by atoms with Crippen LogP contribution in [-0.4, -0.2) is 24.4 Å². The fourth-order valence-electron chi connectivity index (χ4n) is 3.30. The third-order valence-corrected chi connectivity index (χ3v) is 5.01. The molecule has 6 heteroatoms. The highest BCUT2D eigenvalue weighted by Gasteiger charge is 2.22. The molecule has 150 valence electrons. The lowest BCUT2D eigenvalue weighted by atomic mass is 10.0. The first kappa shape index (κ1) is 21.9. The summed E-state index contributed by atoms with van der Waals surface area (Å²) in [5.74, 6) is -0.0196. The van der Waals surface area contributed by atoms with E-state index in [1.807, 2.05) is 61.2 Å². The van der Waals surface area contributed by atoms with Gasteiger partial charge in [-0.3, -0.25) is 9.59 Å². The van der Waals surface area contributed by atoms with Crippen LogP contribution in [0.2, 0.25) is 0 Å². The van der Waals surface area contributed by atoms with Gasteiger partial charge in [-0.05, 0) is 48.1 Å².